The van der Waals surface area contributed by atoms with E-state index in [0.29, 0.717) is 13.0 Å². The average Bonchev–Trinajstić information content (AvgIpc) is 2.36. The Bertz CT molecular complexity index is 409. The van der Waals surface area contributed by atoms with Crippen molar-refractivity contribution in [3.63, 3.8) is 0 Å². The van der Waals surface area contributed by atoms with Gasteiger partial charge in [-0.25, -0.2) is 0 Å². The number of rotatable bonds is 6. The first-order valence-corrected chi connectivity index (χ1v) is 5.93. The topological polar surface area (TPSA) is 55.5 Å². The van der Waals surface area contributed by atoms with Gasteiger partial charge in [-0.05, 0) is 31.0 Å². The van der Waals surface area contributed by atoms with Crippen molar-refractivity contribution in [2.45, 2.75) is 24.6 Å². The number of alkyl halides is 3. The molecule has 6 heteroatoms. The van der Waals surface area contributed by atoms with Crippen molar-refractivity contribution in [1.29, 1.82) is 0 Å². The molecular weight excluding hydrogens is 259 g/mol. The molecule has 0 amide bonds. The van der Waals surface area contributed by atoms with Crippen molar-refractivity contribution >= 4 is 0 Å². The monoisotopic (exact) mass is 277 g/mol. The summed E-state index contributed by atoms with van der Waals surface area (Å²) in [7, 11) is 1.34. The maximum atomic E-state index is 13.0. The number of benzene rings is 1. The number of hydrogen-bond acceptors (Lipinski definition) is 3. The predicted octanol–water partition coefficient (Wildman–Crippen LogP) is 2.28. The molecule has 0 aliphatic heterocycles. The molecular formula is C13H18F3NO2. The first-order valence-electron chi connectivity index (χ1n) is 5.93. The Labute approximate surface area is 110 Å². The van der Waals surface area contributed by atoms with E-state index in [1.165, 1.54) is 25.3 Å². The molecule has 0 aromatic heterocycles. The van der Waals surface area contributed by atoms with Gasteiger partial charge >= 0.3 is 6.18 Å². The smallest absolute Gasteiger partial charge is 0.383 e. The summed E-state index contributed by atoms with van der Waals surface area (Å²) in [4.78, 5) is 0. The molecule has 3 N–H and O–H groups in total. The van der Waals surface area contributed by atoms with E-state index in [1.807, 2.05) is 0 Å². The van der Waals surface area contributed by atoms with Crippen LogP contribution in [0.4, 0.5) is 13.2 Å². The van der Waals surface area contributed by atoms with E-state index in [2.05, 4.69) is 0 Å². The second-order valence-corrected chi connectivity index (χ2v) is 4.40. The standard InChI is InChI=1S/C13H18F3NO2/c1-19-9-12(18,7-4-8-17)10-5-2-3-6-11(10)13(14,15)16/h2-3,5-6,18H,4,7-9,17H2,1H3. The number of methoxy groups -OCH3 is 1. The van der Waals surface area contributed by atoms with Crippen LogP contribution in [-0.4, -0.2) is 25.4 Å². The second-order valence-electron chi connectivity index (χ2n) is 4.40. The number of aliphatic hydroxyl groups is 1. The summed E-state index contributed by atoms with van der Waals surface area (Å²) in [5.41, 5.74) is 2.67. The van der Waals surface area contributed by atoms with Gasteiger partial charge in [0.1, 0.15) is 5.60 Å². The Morgan fingerprint density at radius 2 is 1.79 bits per heavy atom. The van der Waals surface area contributed by atoms with Crippen LogP contribution in [0.15, 0.2) is 24.3 Å². The number of ether oxygens (including phenoxy) is 1. The largest absolute Gasteiger partial charge is 0.416 e. The van der Waals surface area contributed by atoms with E-state index >= 15 is 0 Å². The molecule has 0 bridgehead atoms. The van der Waals surface area contributed by atoms with Crippen molar-refractivity contribution in [2.24, 2.45) is 5.73 Å². The van der Waals surface area contributed by atoms with Gasteiger partial charge in [0.05, 0.1) is 12.2 Å². The molecule has 1 unspecified atom stereocenters. The quantitative estimate of drug-likeness (QED) is 0.838. The molecule has 1 aromatic carbocycles. The highest BCUT2D eigenvalue weighted by atomic mass is 19.4. The van der Waals surface area contributed by atoms with Gasteiger partial charge in [-0.2, -0.15) is 13.2 Å². The molecule has 0 aliphatic carbocycles. The molecule has 0 fully saturated rings. The highest BCUT2D eigenvalue weighted by Crippen LogP contribution is 2.38. The van der Waals surface area contributed by atoms with Gasteiger partial charge in [0, 0.05) is 7.11 Å². The molecule has 0 heterocycles. The van der Waals surface area contributed by atoms with Gasteiger partial charge in [-0.3, -0.25) is 0 Å². The zero-order valence-electron chi connectivity index (χ0n) is 10.7. The van der Waals surface area contributed by atoms with Crippen LogP contribution in [0.3, 0.4) is 0 Å². The van der Waals surface area contributed by atoms with Crippen molar-refractivity contribution in [3.8, 4) is 0 Å². The fourth-order valence-corrected chi connectivity index (χ4v) is 2.05. The van der Waals surface area contributed by atoms with Crippen molar-refractivity contribution in [1.82, 2.24) is 0 Å². The second kappa shape index (κ2) is 6.36. The third kappa shape index (κ3) is 3.92. The molecule has 0 spiro atoms. The highest BCUT2D eigenvalue weighted by Gasteiger charge is 2.40. The Balaban J connectivity index is 3.22. The minimum Gasteiger partial charge on any atom is -0.383 e. The van der Waals surface area contributed by atoms with E-state index in [1.54, 1.807) is 0 Å². The average molecular weight is 277 g/mol. The lowest BCUT2D eigenvalue weighted by Crippen LogP contribution is -2.34. The van der Waals surface area contributed by atoms with E-state index < -0.39 is 17.3 Å². The lowest BCUT2D eigenvalue weighted by molar-refractivity contribution is -0.142. The van der Waals surface area contributed by atoms with Gasteiger partial charge in [0.2, 0.25) is 0 Å². The fourth-order valence-electron chi connectivity index (χ4n) is 2.05. The van der Waals surface area contributed by atoms with E-state index in [9.17, 15) is 18.3 Å². The number of hydrogen-bond donors (Lipinski definition) is 2. The summed E-state index contributed by atoms with van der Waals surface area (Å²) in [5, 5.41) is 10.5. The molecule has 0 aliphatic rings. The van der Waals surface area contributed by atoms with Gasteiger partial charge in [-0.1, -0.05) is 18.2 Å². The van der Waals surface area contributed by atoms with E-state index in [-0.39, 0.29) is 18.6 Å². The van der Waals surface area contributed by atoms with E-state index in [0.717, 1.165) is 6.07 Å². The first kappa shape index (κ1) is 15.9. The predicted molar refractivity (Wildman–Crippen MR) is 65.5 cm³/mol. The Morgan fingerprint density at radius 1 is 1.21 bits per heavy atom. The van der Waals surface area contributed by atoms with Gasteiger partial charge in [-0.15, -0.1) is 0 Å². The highest BCUT2D eigenvalue weighted by molar-refractivity contribution is 5.34. The Kier molecular flexibility index (Phi) is 5.34. The summed E-state index contributed by atoms with van der Waals surface area (Å²) in [5.74, 6) is 0. The van der Waals surface area contributed by atoms with Gasteiger partial charge in [0.15, 0.2) is 0 Å². The fraction of sp³-hybridized carbons (Fsp3) is 0.538. The Hall–Kier alpha value is -1.11. The normalized spacial score (nSPS) is 15.3. The summed E-state index contributed by atoms with van der Waals surface area (Å²) < 4.78 is 43.8. The molecule has 1 aromatic rings. The molecule has 1 rings (SSSR count). The molecule has 3 nitrogen and oxygen atoms in total. The maximum Gasteiger partial charge on any atom is 0.416 e. The van der Waals surface area contributed by atoms with Gasteiger partial charge in [0.25, 0.3) is 0 Å². The van der Waals surface area contributed by atoms with Crippen LogP contribution in [0.1, 0.15) is 24.0 Å². The number of nitrogens with two attached hydrogens (primary N) is 1. The third-order valence-corrected chi connectivity index (χ3v) is 2.91. The zero-order valence-corrected chi connectivity index (χ0v) is 10.7. The Morgan fingerprint density at radius 3 is 2.26 bits per heavy atom. The lowest BCUT2D eigenvalue weighted by Gasteiger charge is -2.30. The molecule has 0 saturated carbocycles. The summed E-state index contributed by atoms with van der Waals surface area (Å²) in [6.07, 6.45) is -3.99. The minimum absolute atomic E-state index is 0.116. The summed E-state index contributed by atoms with van der Waals surface area (Å²) >= 11 is 0. The molecule has 1 atom stereocenters. The van der Waals surface area contributed by atoms with Crippen LogP contribution >= 0.6 is 0 Å². The lowest BCUT2D eigenvalue weighted by atomic mass is 9.86. The molecule has 0 saturated heterocycles. The summed E-state index contributed by atoms with van der Waals surface area (Å²) in [6.45, 7) is 0.0836. The van der Waals surface area contributed by atoms with Crippen LogP contribution < -0.4 is 5.73 Å². The SMILES string of the molecule is COCC(O)(CCCN)c1ccccc1C(F)(F)F. The first-order chi connectivity index (χ1) is 8.85. The third-order valence-electron chi connectivity index (χ3n) is 2.91. The van der Waals surface area contributed by atoms with Crippen LogP contribution in [0.5, 0.6) is 0 Å². The molecule has 0 radical (unpaired) electrons. The van der Waals surface area contributed by atoms with Crippen LogP contribution in [0.25, 0.3) is 0 Å². The van der Waals surface area contributed by atoms with Crippen molar-refractivity contribution in [3.05, 3.63) is 35.4 Å². The minimum atomic E-state index is -4.51. The van der Waals surface area contributed by atoms with Crippen molar-refractivity contribution < 1.29 is 23.0 Å². The summed E-state index contributed by atoms with van der Waals surface area (Å²) in [6, 6.07) is 4.99. The van der Waals surface area contributed by atoms with Crippen LogP contribution in [-0.2, 0) is 16.5 Å². The zero-order chi connectivity index (χ0) is 14.5. The van der Waals surface area contributed by atoms with Crippen LogP contribution in [0.2, 0.25) is 0 Å². The maximum absolute atomic E-state index is 13.0. The molecule has 108 valence electrons. The van der Waals surface area contributed by atoms with Crippen molar-refractivity contribution in [2.75, 3.05) is 20.3 Å². The number of halogens is 3. The van der Waals surface area contributed by atoms with Crippen LogP contribution in [0, 0.1) is 0 Å². The molecule has 19 heavy (non-hydrogen) atoms. The van der Waals surface area contributed by atoms with Gasteiger partial charge < -0.3 is 15.6 Å². The van der Waals surface area contributed by atoms with E-state index in [4.69, 9.17) is 10.5 Å².